The Bertz CT molecular complexity index is 762. The molecule has 0 amide bonds. The Morgan fingerprint density at radius 2 is 1.95 bits per heavy atom. The first-order chi connectivity index (χ1) is 10.4. The second kappa shape index (κ2) is 5.42. The molecule has 5 heteroatoms. The van der Waals surface area contributed by atoms with Crippen LogP contribution in [0.2, 0.25) is 0 Å². The molecule has 106 valence electrons. The zero-order valence-electron chi connectivity index (χ0n) is 11.5. The molecule has 4 nitrogen and oxygen atoms in total. The van der Waals surface area contributed by atoms with Gasteiger partial charge in [0.25, 0.3) is 5.19 Å². The smallest absolute Gasteiger partial charge is 0.299 e. The molecule has 1 N–H and O–H groups in total. The Morgan fingerprint density at radius 3 is 2.86 bits per heavy atom. The van der Waals surface area contributed by atoms with E-state index in [-0.39, 0.29) is 0 Å². The van der Waals surface area contributed by atoms with Gasteiger partial charge in [-0.15, -0.1) is 5.10 Å². The maximum atomic E-state index is 5.91. The lowest BCUT2D eigenvalue weighted by Gasteiger charge is -2.05. The van der Waals surface area contributed by atoms with Gasteiger partial charge in [-0.2, -0.15) is 0 Å². The molecule has 0 radical (unpaired) electrons. The van der Waals surface area contributed by atoms with Gasteiger partial charge in [0.05, 0.1) is 6.54 Å². The highest BCUT2D eigenvalue weighted by molar-refractivity contribution is 7.13. The number of nitrogens with one attached hydrogen (secondary N) is 1. The van der Waals surface area contributed by atoms with Crippen molar-refractivity contribution in [1.29, 1.82) is 0 Å². The van der Waals surface area contributed by atoms with Gasteiger partial charge in [-0.25, -0.2) is 0 Å². The van der Waals surface area contributed by atoms with Crippen LogP contribution in [0, 0.1) is 0 Å². The molecule has 0 unspecified atom stereocenters. The third-order valence-corrected chi connectivity index (χ3v) is 4.32. The fraction of sp³-hybridized carbons (Fsp3) is 0.250. The summed E-state index contributed by atoms with van der Waals surface area (Å²) in [5, 5.41) is 15.5. The molecule has 21 heavy (non-hydrogen) atoms. The van der Waals surface area contributed by atoms with E-state index in [1.165, 1.54) is 24.2 Å². The zero-order valence-corrected chi connectivity index (χ0v) is 12.3. The van der Waals surface area contributed by atoms with Crippen molar-refractivity contribution in [2.24, 2.45) is 0 Å². The number of aromatic nitrogens is 2. The van der Waals surface area contributed by atoms with Gasteiger partial charge in [0.1, 0.15) is 10.8 Å². The summed E-state index contributed by atoms with van der Waals surface area (Å²) in [6.45, 7) is 0.779. The second-order valence-electron chi connectivity index (χ2n) is 5.20. The minimum atomic E-state index is 0.596. The fourth-order valence-electron chi connectivity index (χ4n) is 2.25. The lowest BCUT2D eigenvalue weighted by molar-refractivity contribution is 0.478. The topological polar surface area (TPSA) is 47.0 Å². The maximum absolute atomic E-state index is 5.91. The Hall–Kier alpha value is -1.98. The number of ether oxygens (including phenoxy) is 1. The number of rotatable bonds is 5. The molecule has 0 saturated heterocycles. The highest BCUT2D eigenvalue weighted by Crippen LogP contribution is 2.31. The lowest BCUT2D eigenvalue weighted by Crippen LogP contribution is -2.14. The van der Waals surface area contributed by atoms with Crippen LogP contribution in [0.3, 0.4) is 0 Å². The van der Waals surface area contributed by atoms with E-state index < -0.39 is 0 Å². The monoisotopic (exact) mass is 297 g/mol. The van der Waals surface area contributed by atoms with Crippen LogP contribution < -0.4 is 10.1 Å². The normalized spacial score (nSPS) is 14.5. The summed E-state index contributed by atoms with van der Waals surface area (Å²) < 4.78 is 5.91. The number of hydrogen-bond donors (Lipinski definition) is 1. The van der Waals surface area contributed by atoms with E-state index in [1.54, 1.807) is 0 Å². The minimum absolute atomic E-state index is 0.596. The first kappa shape index (κ1) is 12.7. The van der Waals surface area contributed by atoms with Gasteiger partial charge >= 0.3 is 0 Å². The quantitative estimate of drug-likeness (QED) is 0.779. The maximum Gasteiger partial charge on any atom is 0.299 e. The van der Waals surface area contributed by atoms with Gasteiger partial charge in [0.15, 0.2) is 0 Å². The predicted octanol–water partition coefficient (Wildman–Crippen LogP) is 3.74. The van der Waals surface area contributed by atoms with Crippen LogP contribution in [0.5, 0.6) is 10.9 Å². The van der Waals surface area contributed by atoms with Crippen LogP contribution in [-0.4, -0.2) is 16.2 Å². The highest BCUT2D eigenvalue weighted by Gasteiger charge is 2.20. The molecular formula is C16H15N3OS. The zero-order chi connectivity index (χ0) is 14.1. The number of fused-ring (bicyclic) bond motifs is 1. The molecule has 0 spiro atoms. The molecule has 1 fully saturated rings. The van der Waals surface area contributed by atoms with Crippen molar-refractivity contribution < 1.29 is 4.74 Å². The van der Waals surface area contributed by atoms with Crippen molar-refractivity contribution in [2.45, 2.75) is 25.4 Å². The summed E-state index contributed by atoms with van der Waals surface area (Å²) in [4.78, 5) is 0. The van der Waals surface area contributed by atoms with Crippen LogP contribution in [0.1, 0.15) is 17.8 Å². The summed E-state index contributed by atoms with van der Waals surface area (Å²) in [5.41, 5.74) is 0. The molecule has 1 aliphatic rings. The molecule has 0 bridgehead atoms. The Balaban J connectivity index is 1.53. The average molecular weight is 297 g/mol. The van der Waals surface area contributed by atoms with Gasteiger partial charge in [-0.3, -0.25) is 0 Å². The van der Waals surface area contributed by atoms with Crippen molar-refractivity contribution in [1.82, 2.24) is 15.5 Å². The van der Waals surface area contributed by atoms with Crippen molar-refractivity contribution in [3.05, 3.63) is 47.5 Å². The molecule has 4 rings (SSSR count). The van der Waals surface area contributed by atoms with Crippen LogP contribution in [0.25, 0.3) is 10.8 Å². The fourth-order valence-corrected chi connectivity index (χ4v) is 2.90. The van der Waals surface area contributed by atoms with Crippen LogP contribution in [0.15, 0.2) is 42.5 Å². The summed E-state index contributed by atoms with van der Waals surface area (Å²) >= 11 is 1.50. The Labute approximate surface area is 126 Å². The second-order valence-corrected chi connectivity index (χ2v) is 6.22. The van der Waals surface area contributed by atoms with Gasteiger partial charge in [-0.1, -0.05) is 52.8 Å². The standard InChI is InChI=1S/C16H15N3OS/c1-2-6-13-11(4-1)5-3-7-14(13)20-16-19-18-15(21-16)10-17-12-8-9-12/h1-7,12,17H,8-10H2. The molecular weight excluding hydrogens is 282 g/mol. The summed E-state index contributed by atoms with van der Waals surface area (Å²) in [6, 6.07) is 14.9. The largest absolute Gasteiger partial charge is 0.429 e. The molecule has 0 aliphatic heterocycles. The molecule has 1 saturated carbocycles. The van der Waals surface area contributed by atoms with Crippen LogP contribution in [0.4, 0.5) is 0 Å². The third-order valence-electron chi connectivity index (χ3n) is 3.51. The summed E-state index contributed by atoms with van der Waals surface area (Å²) in [6.07, 6.45) is 2.55. The van der Waals surface area contributed by atoms with Crippen molar-refractivity contribution in [3.63, 3.8) is 0 Å². The predicted molar refractivity (Wildman–Crippen MR) is 83.8 cm³/mol. The SMILES string of the molecule is c1ccc2c(Oc3nnc(CNC4CC4)s3)cccc2c1. The summed E-state index contributed by atoms with van der Waals surface area (Å²) in [5.74, 6) is 0.825. The van der Waals surface area contributed by atoms with E-state index in [4.69, 9.17) is 4.74 Å². The van der Waals surface area contributed by atoms with E-state index >= 15 is 0 Å². The number of nitrogens with zero attached hydrogens (tertiary/aromatic N) is 2. The van der Waals surface area contributed by atoms with Crippen molar-refractivity contribution in [2.75, 3.05) is 0 Å². The minimum Gasteiger partial charge on any atom is -0.429 e. The first-order valence-electron chi connectivity index (χ1n) is 7.10. The highest BCUT2D eigenvalue weighted by atomic mass is 32.1. The lowest BCUT2D eigenvalue weighted by atomic mass is 10.1. The van der Waals surface area contributed by atoms with Gasteiger partial charge < -0.3 is 10.1 Å². The van der Waals surface area contributed by atoms with E-state index in [0.29, 0.717) is 11.2 Å². The number of hydrogen-bond acceptors (Lipinski definition) is 5. The third kappa shape index (κ3) is 2.89. The molecule has 1 aromatic heterocycles. The van der Waals surface area contributed by atoms with Gasteiger partial charge in [-0.05, 0) is 24.3 Å². The van der Waals surface area contributed by atoms with Gasteiger partial charge in [0, 0.05) is 11.4 Å². The molecule has 0 atom stereocenters. The van der Waals surface area contributed by atoms with E-state index in [0.717, 1.165) is 28.1 Å². The van der Waals surface area contributed by atoms with Crippen LogP contribution in [-0.2, 0) is 6.54 Å². The van der Waals surface area contributed by atoms with Crippen molar-refractivity contribution >= 4 is 22.1 Å². The first-order valence-corrected chi connectivity index (χ1v) is 7.91. The van der Waals surface area contributed by atoms with E-state index in [9.17, 15) is 0 Å². The summed E-state index contributed by atoms with van der Waals surface area (Å²) in [7, 11) is 0. The van der Waals surface area contributed by atoms with E-state index in [1.807, 2.05) is 24.3 Å². The molecule has 1 aliphatic carbocycles. The van der Waals surface area contributed by atoms with Crippen molar-refractivity contribution in [3.8, 4) is 10.9 Å². The van der Waals surface area contributed by atoms with E-state index in [2.05, 4.69) is 33.7 Å². The molecule has 2 aromatic carbocycles. The Kier molecular flexibility index (Phi) is 3.29. The van der Waals surface area contributed by atoms with Crippen LogP contribution >= 0.6 is 11.3 Å². The number of benzene rings is 2. The Morgan fingerprint density at radius 1 is 1.10 bits per heavy atom. The average Bonchev–Trinajstić information content (AvgIpc) is 3.25. The molecule has 1 heterocycles. The molecule has 3 aromatic rings. The van der Waals surface area contributed by atoms with Gasteiger partial charge in [0.2, 0.25) is 0 Å².